The molecule has 188 valence electrons. The van der Waals surface area contributed by atoms with E-state index in [1.165, 1.54) is 25.3 Å². The summed E-state index contributed by atoms with van der Waals surface area (Å²) in [5.41, 5.74) is 9.30. The molecule has 3 aromatic rings. The molecule has 0 spiro atoms. The first-order chi connectivity index (χ1) is 17.3. The van der Waals surface area contributed by atoms with Crippen molar-refractivity contribution in [3.05, 3.63) is 59.3 Å². The van der Waals surface area contributed by atoms with Crippen LogP contribution in [0.15, 0.2) is 42.6 Å². The third-order valence-corrected chi connectivity index (χ3v) is 7.81. The summed E-state index contributed by atoms with van der Waals surface area (Å²) in [6, 6.07) is 11.1. The van der Waals surface area contributed by atoms with Gasteiger partial charge in [-0.15, -0.1) is 0 Å². The standard InChI is InChI=1S/C29H33N3O4/c1-18-25(36-19(2)33)14-13-24-26(18)23(29(27(30)34)15-5-3-4-6-16-29)17-32(24)28(35)31-22-11-9-21(10-12-22)20-7-8-20/h9-14,17,20H,3-8,15-16H2,1-2H3,(H2,30,34)(H,31,35). The maximum atomic E-state index is 13.5. The number of aromatic nitrogens is 1. The topological polar surface area (TPSA) is 103 Å². The van der Waals surface area contributed by atoms with Crippen LogP contribution in [0, 0.1) is 6.92 Å². The fraction of sp³-hybridized carbons (Fsp3) is 0.414. The Morgan fingerprint density at radius 3 is 2.25 bits per heavy atom. The second-order valence-corrected chi connectivity index (χ2v) is 10.3. The van der Waals surface area contributed by atoms with Gasteiger partial charge in [-0.3, -0.25) is 14.2 Å². The summed E-state index contributed by atoms with van der Waals surface area (Å²) in [6.45, 7) is 3.21. The number of benzene rings is 2. The van der Waals surface area contributed by atoms with E-state index in [2.05, 4.69) is 17.4 Å². The molecule has 3 N–H and O–H groups in total. The molecular weight excluding hydrogens is 454 g/mol. The van der Waals surface area contributed by atoms with Crippen molar-refractivity contribution in [2.75, 3.05) is 5.32 Å². The lowest BCUT2D eigenvalue weighted by Crippen LogP contribution is -2.41. The summed E-state index contributed by atoms with van der Waals surface area (Å²) in [7, 11) is 0. The summed E-state index contributed by atoms with van der Waals surface area (Å²) >= 11 is 0. The Morgan fingerprint density at radius 1 is 1.00 bits per heavy atom. The number of carbonyl (C=O) groups is 3. The van der Waals surface area contributed by atoms with E-state index >= 15 is 0 Å². The van der Waals surface area contributed by atoms with Gasteiger partial charge in [0.25, 0.3) is 0 Å². The Labute approximate surface area is 211 Å². The number of nitrogens with two attached hydrogens (primary N) is 1. The van der Waals surface area contributed by atoms with Crippen LogP contribution < -0.4 is 15.8 Å². The lowest BCUT2D eigenvalue weighted by atomic mass is 9.73. The highest BCUT2D eigenvalue weighted by Gasteiger charge is 2.42. The van der Waals surface area contributed by atoms with Gasteiger partial charge < -0.3 is 15.8 Å². The zero-order valence-electron chi connectivity index (χ0n) is 20.9. The molecule has 1 aromatic heterocycles. The van der Waals surface area contributed by atoms with E-state index in [0.29, 0.717) is 41.3 Å². The molecule has 2 amide bonds. The number of fused-ring (bicyclic) bond motifs is 1. The highest BCUT2D eigenvalue weighted by molar-refractivity contribution is 6.04. The van der Waals surface area contributed by atoms with Crippen LogP contribution in [0.4, 0.5) is 10.5 Å². The van der Waals surface area contributed by atoms with E-state index < -0.39 is 11.4 Å². The van der Waals surface area contributed by atoms with Gasteiger partial charge in [0.2, 0.25) is 5.91 Å². The number of amides is 2. The van der Waals surface area contributed by atoms with Crippen LogP contribution in [0.2, 0.25) is 0 Å². The maximum Gasteiger partial charge on any atom is 0.330 e. The van der Waals surface area contributed by atoms with Gasteiger partial charge in [0.15, 0.2) is 0 Å². The molecule has 7 heteroatoms. The van der Waals surface area contributed by atoms with Crippen molar-refractivity contribution >= 4 is 34.5 Å². The number of nitrogens with zero attached hydrogens (tertiary/aromatic N) is 1. The Hall–Kier alpha value is -3.61. The summed E-state index contributed by atoms with van der Waals surface area (Å²) in [6.07, 6.45) is 9.33. The summed E-state index contributed by atoms with van der Waals surface area (Å²) in [5, 5.41) is 3.74. The monoisotopic (exact) mass is 487 g/mol. The first-order valence-corrected chi connectivity index (χ1v) is 12.8. The van der Waals surface area contributed by atoms with E-state index in [1.807, 2.05) is 19.1 Å². The highest BCUT2D eigenvalue weighted by atomic mass is 16.5. The molecule has 2 aliphatic rings. The molecule has 0 aliphatic heterocycles. The molecule has 0 bridgehead atoms. The van der Waals surface area contributed by atoms with Crippen LogP contribution >= 0.6 is 0 Å². The van der Waals surface area contributed by atoms with Crippen LogP contribution in [0.1, 0.15) is 80.9 Å². The molecule has 0 radical (unpaired) electrons. The number of hydrogen-bond acceptors (Lipinski definition) is 4. The summed E-state index contributed by atoms with van der Waals surface area (Å²) < 4.78 is 7.00. The van der Waals surface area contributed by atoms with E-state index in [1.54, 1.807) is 22.9 Å². The van der Waals surface area contributed by atoms with Crippen molar-refractivity contribution in [3.8, 4) is 5.75 Å². The smallest absolute Gasteiger partial charge is 0.330 e. The molecule has 5 rings (SSSR count). The number of carbonyl (C=O) groups excluding carboxylic acids is 3. The van der Waals surface area contributed by atoms with Gasteiger partial charge in [0.1, 0.15) is 5.75 Å². The van der Waals surface area contributed by atoms with Crippen molar-refractivity contribution in [3.63, 3.8) is 0 Å². The second kappa shape index (κ2) is 9.45. The quantitative estimate of drug-likeness (QED) is 0.265. The maximum absolute atomic E-state index is 13.5. The van der Waals surface area contributed by atoms with Gasteiger partial charge in [-0.2, -0.15) is 0 Å². The molecule has 0 unspecified atom stereocenters. The van der Waals surface area contributed by atoms with Crippen LogP contribution in [0.3, 0.4) is 0 Å². The Bertz CT molecular complexity index is 1330. The van der Waals surface area contributed by atoms with Crippen LogP contribution in [0.25, 0.3) is 10.9 Å². The molecule has 2 aromatic carbocycles. The van der Waals surface area contributed by atoms with Gasteiger partial charge in [0.05, 0.1) is 10.9 Å². The van der Waals surface area contributed by atoms with Gasteiger partial charge in [-0.1, -0.05) is 37.8 Å². The minimum atomic E-state index is -0.883. The van der Waals surface area contributed by atoms with Crippen LogP contribution in [-0.2, 0) is 15.0 Å². The van der Waals surface area contributed by atoms with Gasteiger partial charge in [0, 0.05) is 29.8 Å². The molecule has 1 heterocycles. The molecule has 2 fully saturated rings. The Morgan fingerprint density at radius 2 is 1.67 bits per heavy atom. The number of primary amides is 1. The predicted octanol–water partition coefficient (Wildman–Crippen LogP) is 5.91. The lowest BCUT2D eigenvalue weighted by Gasteiger charge is -2.29. The number of esters is 1. The van der Waals surface area contributed by atoms with Gasteiger partial charge >= 0.3 is 12.0 Å². The zero-order chi connectivity index (χ0) is 25.4. The van der Waals surface area contributed by atoms with Gasteiger partial charge in [-0.25, -0.2) is 4.79 Å². The molecule has 2 saturated carbocycles. The largest absolute Gasteiger partial charge is 0.426 e. The summed E-state index contributed by atoms with van der Waals surface area (Å²) in [5.74, 6) is 0.254. The minimum absolute atomic E-state index is 0.321. The zero-order valence-corrected chi connectivity index (χ0v) is 20.9. The third-order valence-electron chi connectivity index (χ3n) is 7.81. The average molecular weight is 488 g/mol. The fourth-order valence-corrected chi connectivity index (χ4v) is 5.70. The SMILES string of the molecule is CC(=O)Oc1ccc2c(c(C3(C(N)=O)CCCCCC3)cn2C(=O)Nc2ccc(C3CC3)cc2)c1C. The van der Waals surface area contributed by atoms with Crippen molar-refractivity contribution < 1.29 is 19.1 Å². The van der Waals surface area contributed by atoms with Crippen molar-refractivity contribution in [2.45, 2.75) is 76.5 Å². The fourth-order valence-electron chi connectivity index (χ4n) is 5.70. The number of rotatable bonds is 5. The van der Waals surface area contributed by atoms with Crippen molar-refractivity contribution in [1.29, 1.82) is 0 Å². The molecule has 2 aliphatic carbocycles. The second-order valence-electron chi connectivity index (χ2n) is 10.3. The number of hydrogen-bond donors (Lipinski definition) is 2. The van der Waals surface area contributed by atoms with Crippen molar-refractivity contribution in [2.24, 2.45) is 5.73 Å². The molecule has 36 heavy (non-hydrogen) atoms. The molecule has 0 saturated heterocycles. The van der Waals surface area contributed by atoms with Gasteiger partial charge in [-0.05, 0) is 73.9 Å². The Balaban J connectivity index is 1.61. The van der Waals surface area contributed by atoms with Crippen LogP contribution in [0.5, 0.6) is 5.75 Å². The third kappa shape index (κ3) is 4.38. The summed E-state index contributed by atoms with van der Waals surface area (Å²) in [4.78, 5) is 38.3. The number of aryl methyl sites for hydroxylation is 1. The number of ether oxygens (including phenoxy) is 1. The van der Waals surface area contributed by atoms with E-state index in [4.69, 9.17) is 10.5 Å². The average Bonchev–Trinajstić information content (AvgIpc) is 3.65. The predicted molar refractivity (Wildman–Crippen MR) is 139 cm³/mol. The highest BCUT2D eigenvalue weighted by Crippen LogP contribution is 2.44. The number of anilines is 1. The van der Waals surface area contributed by atoms with E-state index in [-0.39, 0.29) is 11.9 Å². The van der Waals surface area contributed by atoms with E-state index in [0.717, 1.165) is 36.6 Å². The number of nitrogens with one attached hydrogen (secondary N) is 1. The lowest BCUT2D eigenvalue weighted by molar-refractivity contribution is -0.132. The first kappa shape index (κ1) is 24.1. The van der Waals surface area contributed by atoms with Crippen molar-refractivity contribution in [1.82, 2.24) is 4.57 Å². The molecular formula is C29H33N3O4. The normalized spacial score (nSPS) is 17.4. The molecule has 7 nitrogen and oxygen atoms in total. The van der Waals surface area contributed by atoms with Crippen LogP contribution in [-0.4, -0.2) is 22.5 Å². The Kier molecular flexibility index (Phi) is 6.33. The first-order valence-electron chi connectivity index (χ1n) is 12.8. The minimum Gasteiger partial charge on any atom is -0.426 e. The van der Waals surface area contributed by atoms with E-state index in [9.17, 15) is 14.4 Å². The molecule has 0 atom stereocenters.